The van der Waals surface area contributed by atoms with Crippen LogP contribution in [0.2, 0.25) is 6.82 Å². The molecule has 0 fully saturated rings. The predicted molar refractivity (Wildman–Crippen MR) is 108 cm³/mol. The number of fused-ring (bicyclic) bond motifs is 1. The van der Waals surface area contributed by atoms with Crippen LogP contribution in [0.1, 0.15) is 0 Å². The van der Waals surface area contributed by atoms with Gasteiger partial charge in [-0.15, -0.1) is 0 Å². The van der Waals surface area contributed by atoms with Crippen molar-refractivity contribution in [2.45, 2.75) is 6.82 Å². The minimum atomic E-state index is -0.682. The fourth-order valence-corrected chi connectivity index (χ4v) is 3.61. The Bertz CT molecular complexity index is 1120. The minimum Gasteiger partial charge on any atom is -0.497 e. The molecule has 0 aliphatic heterocycles. The summed E-state index contributed by atoms with van der Waals surface area (Å²) in [5.74, 6) is 0.601. The number of nitrogens with two attached hydrogens (primary N) is 1. The molecule has 2 aromatic heterocycles. The van der Waals surface area contributed by atoms with E-state index in [0.717, 1.165) is 27.1 Å². The van der Waals surface area contributed by atoms with E-state index in [-0.39, 0.29) is 0 Å². The molecule has 4 rings (SSSR count). The maximum absolute atomic E-state index is 10.2. The molecule has 7 nitrogen and oxygen atoms in total. The van der Waals surface area contributed by atoms with Crippen LogP contribution in [0.4, 0.5) is 5.69 Å². The Kier molecular flexibility index (Phi) is 4.47. The van der Waals surface area contributed by atoms with E-state index in [2.05, 4.69) is 19.6 Å². The molecule has 0 aliphatic rings. The summed E-state index contributed by atoms with van der Waals surface area (Å²) >= 11 is 1.30. The maximum Gasteiger partial charge on any atom is 0.324 e. The van der Waals surface area contributed by atoms with Crippen molar-refractivity contribution in [3.8, 4) is 27.4 Å². The molecule has 27 heavy (non-hydrogen) atoms. The quantitative estimate of drug-likeness (QED) is 0.525. The number of methoxy groups -OCH3 is 1. The van der Waals surface area contributed by atoms with Crippen LogP contribution >= 0.6 is 11.5 Å². The number of anilines is 1. The van der Waals surface area contributed by atoms with E-state index in [0.29, 0.717) is 22.4 Å². The second-order valence-electron chi connectivity index (χ2n) is 6.09. The number of nitrogen functional groups attached to an aromatic ring is 1. The number of benzene rings is 2. The van der Waals surface area contributed by atoms with E-state index in [1.807, 2.05) is 30.3 Å². The highest BCUT2D eigenvalue weighted by Gasteiger charge is 2.20. The highest BCUT2D eigenvalue weighted by atomic mass is 32.1. The van der Waals surface area contributed by atoms with Crippen LogP contribution in [0.25, 0.3) is 32.6 Å². The molecule has 0 amide bonds. The summed E-state index contributed by atoms with van der Waals surface area (Å²) in [5.41, 5.74) is 10.6. The van der Waals surface area contributed by atoms with Gasteiger partial charge in [0.15, 0.2) is 0 Å². The van der Waals surface area contributed by atoms with Gasteiger partial charge in [-0.1, -0.05) is 19.0 Å². The van der Waals surface area contributed by atoms with Gasteiger partial charge in [-0.2, -0.15) is 14.6 Å². The van der Waals surface area contributed by atoms with Crippen molar-refractivity contribution in [3.63, 3.8) is 0 Å². The Morgan fingerprint density at radius 2 is 2.04 bits per heavy atom. The maximum atomic E-state index is 10.2. The summed E-state index contributed by atoms with van der Waals surface area (Å²) in [4.78, 5) is 4.34. The third kappa shape index (κ3) is 3.11. The van der Waals surface area contributed by atoms with Crippen molar-refractivity contribution in [1.29, 1.82) is 0 Å². The molecule has 134 valence electrons. The van der Waals surface area contributed by atoms with Crippen molar-refractivity contribution in [2.75, 3.05) is 12.8 Å². The van der Waals surface area contributed by atoms with Crippen molar-refractivity contribution in [2.24, 2.45) is 0 Å². The zero-order valence-electron chi connectivity index (χ0n) is 14.7. The summed E-state index contributed by atoms with van der Waals surface area (Å²) in [6.07, 6.45) is 3.05. The molecule has 0 radical (unpaired) electrons. The first-order valence-electron chi connectivity index (χ1n) is 8.27. The first-order chi connectivity index (χ1) is 13.1. The van der Waals surface area contributed by atoms with Crippen LogP contribution in [-0.4, -0.2) is 38.6 Å². The van der Waals surface area contributed by atoms with Gasteiger partial charge in [-0.25, -0.2) is 4.98 Å². The SMILES string of the molecule is COc1cc(-c2ncns2)c(-c2ccc3c(N)cnnc3c2)cc1B(C)O. The zero-order valence-corrected chi connectivity index (χ0v) is 15.6. The van der Waals surface area contributed by atoms with Crippen LogP contribution < -0.4 is 15.9 Å². The average molecular weight is 377 g/mol. The van der Waals surface area contributed by atoms with Crippen molar-refractivity contribution >= 4 is 40.5 Å². The third-order valence-electron chi connectivity index (χ3n) is 4.39. The Labute approximate surface area is 160 Å². The number of hydrogen-bond donors (Lipinski definition) is 2. The lowest BCUT2D eigenvalue weighted by molar-refractivity contribution is 0.417. The molecule has 0 spiro atoms. The number of ether oxygens (including phenoxy) is 1. The fourth-order valence-electron chi connectivity index (χ4n) is 3.06. The first kappa shape index (κ1) is 17.4. The minimum absolute atomic E-state index is 0.579. The van der Waals surface area contributed by atoms with Gasteiger partial charge in [0.1, 0.15) is 17.1 Å². The number of nitrogens with zero attached hydrogens (tertiary/aromatic N) is 4. The lowest BCUT2D eigenvalue weighted by Gasteiger charge is -2.15. The molecule has 0 bridgehead atoms. The summed E-state index contributed by atoms with van der Waals surface area (Å²) in [7, 11) is 1.58. The van der Waals surface area contributed by atoms with Crippen molar-refractivity contribution in [1.82, 2.24) is 19.6 Å². The molecule has 3 N–H and O–H groups in total. The third-order valence-corrected chi connectivity index (χ3v) is 5.09. The van der Waals surface area contributed by atoms with Crippen LogP contribution in [-0.2, 0) is 0 Å². The van der Waals surface area contributed by atoms with E-state index in [1.165, 1.54) is 24.1 Å². The summed E-state index contributed by atoms with van der Waals surface area (Å²) in [6, 6.07) is 9.62. The van der Waals surface area contributed by atoms with Gasteiger partial charge in [0.2, 0.25) is 0 Å². The largest absolute Gasteiger partial charge is 0.497 e. The topological polar surface area (TPSA) is 107 Å². The van der Waals surface area contributed by atoms with E-state index in [9.17, 15) is 5.02 Å². The average Bonchev–Trinajstić information content (AvgIpc) is 3.21. The number of rotatable bonds is 4. The predicted octanol–water partition coefficient (Wildman–Crippen LogP) is 2.23. The zero-order chi connectivity index (χ0) is 19.0. The molecule has 2 aromatic carbocycles. The molecule has 2 heterocycles. The number of hydrogen-bond acceptors (Lipinski definition) is 8. The normalized spacial score (nSPS) is 10.9. The molecule has 0 saturated heterocycles. The Balaban J connectivity index is 1.99. The fraction of sp³-hybridized carbons (Fsp3) is 0.111. The lowest BCUT2D eigenvalue weighted by atomic mass is 9.63. The second kappa shape index (κ2) is 6.94. The van der Waals surface area contributed by atoms with Gasteiger partial charge < -0.3 is 15.5 Å². The van der Waals surface area contributed by atoms with Gasteiger partial charge in [0.05, 0.1) is 24.5 Å². The van der Waals surface area contributed by atoms with Crippen molar-refractivity contribution in [3.05, 3.63) is 42.9 Å². The van der Waals surface area contributed by atoms with Gasteiger partial charge in [0.25, 0.3) is 0 Å². The summed E-state index contributed by atoms with van der Waals surface area (Å²) < 4.78 is 9.59. The first-order valence-corrected chi connectivity index (χ1v) is 9.04. The highest BCUT2D eigenvalue weighted by molar-refractivity contribution is 7.09. The molecular weight excluding hydrogens is 361 g/mol. The van der Waals surface area contributed by atoms with E-state index in [1.54, 1.807) is 13.9 Å². The van der Waals surface area contributed by atoms with E-state index in [4.69, 9.17) is 10.5 Å². The summed E-state index contributed by atoms with van der Waals surface area (Å²) in [5, 5.41) is 19.9. The molecule has 0 aliphatic carbocycles. The molecule has 9 heteroatoms. The highest BCUT2D eigenvalue weighted by Crippen LogP contribution is 2.36. The molecule has 0 unspecified atom stereocenters. The van der Waals surface area contributed by atoms with Crippen LogP contribution in [0.5, 0.6) is 5.75 Å². The molecular formula is C18H16BN5O2S. The van der Waals surface area contributed by atoms with E-state index < -0.39 is 6.92 Å². The molecule has 0 saturated carbocycles. The Morgan fingerprint density at radius 3 is 2.74 bits per heavy atom. The lowest BCUT2D eigenvalue weighted by Crippen LogP contribution is -2.28. The molecule has 0 atom stereocenters. The van der Waals surface area contributed by atoms with E-state index >= 15 is 0 Å². The van der Waals surface area contributed by atoms with Gasteiger partial charge in [-0.3, -0.25) is 0 Å². The second-order valence-corrected chi connectivity index (χ2v) is 6.87. The van der Waals surface area contributed by atoms with Gasteiger partial charge in [-0.05, 0) is 46.3 Å². The number of aromatic nitrogens is 4. The Hall–Kier alpha value is -3.04. The standard InChI is InChI=1S/C18H16BN5O2S/c1-19(25)14-6-12(13(7-17(14)26-2)18-21-9-23-27-18)10-3-4-11-15(20)8-22-24-16(11)5-10/h3-9,25H,1-2H3,(H2,20,24). The van der Waals surface area contributed by atoms with Gasteiger partial charge >= 0.3 is 6.92 Å². The molecule has 4 aromatic rings. The Morgan fingerprint density at radius 1 is 1.19 bits per heavy atom. The summed E-state index contributed by atoms with van der Waals surface area (Å²) in [6.45, 7) is 1.02. The smallest absolute Gasteiger partial charge is 0.324 e. The van der Waals surface area contributed by atoms with Crippen LogP contribution in [0.15, 0.2) is 42.9 Å². The monoisotopic (exact) mass is 377 g/mol. The van der Waals surface area contributed by atoms with Crippen LogP contribution in [0, 0.1) is 0 Å². The van der Waals surface area contributed by atoms with Crippen LogP contribution in [0.3, 0.4) is 0 Å². The van der Waals surface area contributed by atoms with Crippen molar-refractivity contribution < 1.29 is 9.76 Å². The van der Waals surface area contributed by atoms with Gasteiger partial charge in [0, 0.05) is 10.9 Å².